The molecule has 0 aromatic heterocycles. The van der Waals surface area contributed by atoms with E-state index < -0.39 is 0 Å². The van der Waals surface area contributed by atoms with Crippen LogP contribution < -0.4 is 0 Å². The summed E-state index contributed by atoms with van der Waals surface area (Å²) in [5, 5.41) is 0. The number of carbonyl (C=O) groups is 1. The molecule has 0 aromatic rings. The zero-order chi connectivity index (χ0) is 10.2. The van der Waals surface area contributed by atoms with Gasteiger partial charge in [-0.1, -0.05) is 19.3 Å². The van der Waals surface area contributed by atoms with Crippen molar-refractivity contribution >= 4 is 5.97 Å². The molecule has 14 heavy (non-hydrogen) atoms. The second kappa shape index (κ2) is 6.82. The topological polar surface area (TPSA) is 35.5 Å². The highest BCUT2D eigenvalue weighted by molar-refractivity contribution is 5.68. The molecule has 1 aliphatic carbocycles. The van der Waals surface area contributed by atoms with Crippen LogP contribution in [0.5, 0.6) is 0 Å². The Bertz CT molecular complexity index is 164. The minimum absolute atomic E-state index is 0.146. The van der Waals surface area contributed by atoms with E-state index in [9.17, 15) is 4.79 Å². The molecule has 0 heterocycles. The van der Waals surface area contributed by atoms with Crippen molar-refractivity contribution in [3.63, 3.8) is 0 Å². The van der Waals surface area contributed by atoms with E-state index in [2.05, 4.69) is 4.74 Å². The Morgan fingerprint density at radius 1 is 1.36 bits per heavy atom. The molecule has 0 spiro atoms. The monoisotopic (exact) mass is 200 g/mol. The second-order valence-electron chi connectivity index (χ2n) is 3.88. The van der Waals surface area contributed by atoms with E-state index in [4.69, 9.17) is 4.74 Å². The molecule has 1 saturated carbocycles. The van der Waals surface area contributed by atoms with Gasteiger partial charge in [-0.25, -0.2) is 0 Å². The third-order valence-electron chi connectivity index (χ3n) is 2.79. The van der Waals surface area contributed by atoms with Gasteiger partial charge in [0, 0.05) is 19.6 Å². The van der Waals surface area contributed by atoms with Gasteiger partial charge in [0.1, 0.15) is 0 Å². The lowest BCUT2D eigenvalue weighted by molar-refractivity contribution is -0.141. The predicted octanol–water partition coefficient (Wildman–Crippen LogP) is 2.15. The van der Waals surface area contributed by atoms with Gasteiger partial charge in [0.25, 0.3) is 0 Å². The summed E-state index contributed by atoms with van der Waals surface area (Å²) in [6.45, 7) is 1.54. The first-order valence-electron chi connectivity index (χ1n) is 5.47. The standard InChI is InChI=1S/C11H20O3/c1-13-11(12)6-3-8-14-9-7-10-4-2-5-10/h10H,2-9H2,1H3. The molecule has 0 saturated heterocycles. The van der Waals surface area contributed by atoms with Crippen molar-refractivity contribution < 1.29 is 14.3 Å². The maximum Gasteiger partial charge on any atom is 0.305 e. The van der Waals surface area contributed by atoms with Crippen LogP contribution in [0.4, 0.5) is 0 Å². The Kier molecular flexibility index (Phi) is 5.60. The highest BCUT2D eigenvalue weighted by atomic mass is 16.5. The van der Waals surface area contributed by atoms with Gasteiger partial charge in [0.05, 0.1) is 7.11 Å². The molecule has 1 rings (SSSR count). The van der Waals surface area contributed by atoms with Crippen LogP contribution in [0.15, 0.2) is 0 Å². The molecule has 0 radical (unpaired) electrons. The van der Waals surface area contributed by atoms with E-state index in [1.54, 1.807) is 0 Å². The summed E-state index contributed by atoms with van der Waals surface area (Å²) in [6.07, 6.45) is 6.60. The van der Waals surface area contributed by atoms with Crippen LogP contribution in [-0.2, 0) is 14.3 Å². The molecule has 0 bridgehead atoms. The number of ether oxygens (including phenoxy) is 2. The van der Waals surface area contributed by atoms with Crippen molar-refractivity contribution in [1.29, 1.82) is 0 Å². The van der Waals surface area contributed by atoms with E-state index in [-0.39, 0.29) is 5.97 Å². The van der Waals surface area contributed by atoms with Gasteiger partial charge in [-0.15, -0.1) is 0 Å². The second-order valence-corrected chi connectivity index (χ2v) is 3.88. The summed E-state index contributed by atoms with van der Waals surface area (Å²) in [5.74, 6) is 0.767. The van der Waals surface area contributed by atoms with Crippen molar-refractivity contribution in [3.8, 4) is 0 Å². The molecule has 0 aromatic carbocycles. The molecule has 0 amide bonds. The molecule has 3 nitrogen and oxygen atoms in total. The Morgan fingerprint density at radius 2 is 2.14 bits per heavy atom. The number of hydrogen-bond acceptors (Lipinski definition) is 3. The third kappa shape index (κ3) is 4.61. The number of carbonyl (C=O) groups excluding carboxylic acids is 1. The minimum Gasteiger partial charge on any atom is -0.469 e. The highest BCUT2D eigenvalue weighted by Crippen LogP contribution is 2.29. The molecule has 1 aliphatic rings. The van der Waals surface area contributed by atoms with Crippen LogP contribution >= 0.6 is 0 Å². The lowest BCUT2D eigenvalue weighted by Crippen LogP contribution is -2.13. The van der Waals surface area contributed by atoms with Crippen molar-refractivity contribution in [3.05, 3.63) is 0 Å². The summed E-state index contributed by atoms with van der Waals surface area (Å²) in [6, 6.07) is 0. The summed E-state index contributed by atoms with van der Waals surface area (Å²) in [5.41, 5.74) is 0. The molecular formula is C11H20O3. The highest BCUT2D eigenvalue weighted by Gasteiger charge is 2.16. The lowest BCUT2D eigenvalue weighted by atomic mass is 9.83. The smallest absolute Gasteiger partial charge is 0.305 e. The normalized spacial score (nSPS) is 16.4. The van der Waals surface area contributed by atoms with Gasteiger partial charge in [0.2, 0.25) is 0 Å². The van der Waals surface area contributed by atoms with Crippen LogP contribution in [0.3, 0.4) is 0 Å². The first kappa shape index (κ1) is 11.5. The van der Waals surface area contributed by atoms with Crippen LogP contribution in [-0.4, -0.2) is 26.3 Å². The fourth-order valence-corrected chi connectivity index (χ4v) is 1.55. The van der Waals surface area contributed by atoms with Crippen molar-refractivity contribution in [2.24, 2.45) is 5.92 Å². The maximum absolute atomic E-state index is 10.7. The SMILES string of the molecule is COC(=O)CCCOCCC1CCC1. The van der Waals surface area contributed by atoms with E-state index in [1.807, 2.05) is 0 Å². The van der Waals surface area contributed by atoms with Crippen molar-refractivity contribution in [2.45, 2.75) is 38.5 Å². The van der Waals surface area contributed by atoms with E-state index >= 15 is 0 Å². The lowest BCUT2D eigenvalue weighted by Gasteiger charge is -2.24. The van der Waals surface area contributed by atoms with Gasteiger partial charge in [0.15, 0.2) is 0 Å². The van der Waals surface area contributed by atoms with Crippen LogP contribution in [0.1, 0.15) is 38.5 Å². The van der Waals surface area contributed by atoms with Crippen molar-refractivity contribution in [2.75, 3.05) is 20.3 Å². The largest absolute Gasteiger partial charge is 0.469 e. The van der Waals surface area contributed by atoms with Gasteiger partial charge < -0.3 is 9.47 Å². The molecule has 82 valence electrons. The number of rotatable bonds is 7. The summed E-state index contributed by atoms with van der Waals surface area (Å²) >= 11 is 0. The van der Waals surface area contributed by atoms with Gasteiger partial charge in [-0.05, 0) is 18.8 Å². The average Bonchev–Trinajstić information content (AvgIpc) is 2.13. The van der Waals surface area contributed by atoms with E-state index in [1.165, 1.54) is 32.8 Å². The Balaban J connectivity index is 1.77. The third-order valence-corrected chi connectivity index (χ3v) is 2.79. The molecular weight excluding hydrogens is 180 g/mol. The molecule has 1 fully saturated rings. The fourth-order valence-electron chi connectivity index (χ4n) is 1.55. The summed E-state index contributed by atoms with van der Waals surface area (Å²) in [4.78, 5) is 10.7. The van der Waals surface area contributed by atoms with Gasteiger partial charge in [-0.2, -0.15) is 0 Å². The number of methoxy groups -OCH3 is 1. The maximum atomic E-state index is 10.7. The summed E-state index contributed by atoms with van der Waals surface area (Å²) in [7, 11) is 1.42. The Labute approximate surface area is 85.8 Å². The Hall–Kier alpha value is -0.570. The molecule has 0 atom stereocenters. The average molecular weight is 200 g/mol. The van der Waals surface area contributed by atoms with Gasteiger partial charge >= 0.3 is 5.97 Å². The molecule has 0 N–H and O–H groups in total. The zero-order valence-corrected chi connectivity index (χ0v) is 8.96. The van der Waals surface area contributed by atoms with Crippen LogP contribution in [0.2, 0.25) is 0 Å². The van der Waals surface area contributed by atoms with E-state index in [0.29, 0.717) is 13.0 Å². The summed E-state index contributed by atoms with van der Waals surface area (Å²) < 4.78 is 9.95. The molecule has 0 unspecified atom stereocenters. The first-order valence-corrected chi connectivity index (χ1v) is 5.47. The van der Waals surface area contributed by atoms with Crippen molar-refractivity contribution in [1.82, 2.24) is 0 Å². The predicted molar refractivity (Wildman–Crippen MR) is 54.0 cm³/mol. The molecule has 3 heteroatoms. The molecule has 0 aliphatic heterocycles. The minimum atomic E-state index is -0.146. The Morgan fingerprint density at radius 3 is 2.71 bits per heavy atom. The van der Waals surface area contributed by atoms with Crippen LogP contribution in [0, 0.1) is 5.92 Å². The number of esters is 1. The van der Waals surface area contributed by atoms with E-state index in [0.717, 1.165) is 18.9 Å². The first-order chi connectivity index (χ1) is 6.83. The van der Waals surface area contributed by atoms with Crippen LogP contribution in [0.25, 0.3) is 0 Å². The zero-order valence-electron chi connectivity index (χ0n) is 8.96. The quantitative estimate of drug-likeness (QED) is 0.466. The number of hydrogen-bond donors (Lipinski definition) is 0. The van der Waals surface area contributed by atoms with Gasteiger partial charge in [-0.3, -0.25) is 4.79 Å². The fraction of sp³-hybridized carbons (Fsp3) is 0.909.